The molecule has 0 spiro atoms. The van der Waals surface area contributed by atoms with E-state index in [1.807, 2.05) is 31.2 Å². The molecule has 6 nitrogen and oxygen atoms in total. The molecular formula is C18H17ClFN5OS. The van der Waals surface area contributed by atoms with Crippen LogP contribution in [0.5, 0.6) is 0 Å². The minimum atomic E-state index is -0.526. The lowest BCUT2D eigenvalue weighted by atomic mass is 10.1. The first-order valence-corrected chi connectivity index (χ1v) is 9.31. The van der Waals surface area contributed by atoms with Crippen molar-refractivity contribution in [1.29, 1.82) is 0 Å². The maximum absolute atomic E-state index is 13.1. The van der Waals surface area contributed by atoms with Crippen LogP contribution in [0.3, 0.4) is 0 Å². The second-order valence-corrected chi connectivity index (χ2v) is 7.58. The van der Waals surface area contributed by atoms with Crippen LogP contribution in [-0.4, -0.2) is 26.0 Å². The Balaban J connectivity index is 1.73. The minimum absolute atomic E-state index is 0.129. The first kappa shape index (κ1) is 19.2. The molecule has 27 heavy (non-hydrogen) atoms. The van der Waals surface area contributed by atoms with Crippen molar-refractivity contribution in [2.45, 2.75) is 24.3 Å². The summed E-state index contributed by atoms with van der Waals surface area (Å²) in [6.07, 6.45) is 0. The zero-order valence-electron chi connectivity index (χ0n) is 14.6. The highest BCUT2D eigenvalue weighted by Crippen LogP contribution is 2.28. The third-order valence-electron chi connectivity index (χ3n) is 3.89. The van der Waals surface area contributed by atoms with Gasteiger partial charge >= 0.3 is 0 Å². The van der Waals surface area contributed by atoms with Crippen molar-refractivity contribution < 1.29 is 9.18 Å². The Morgan fingerprint density at radius 1 is 1.30 bits per heavy atom. The van der Waals surface area contributed by atoms with Crippen LogP contribution >= 0.6 is 23.4 Å². The molecule has 2 aromatic carbocycles. The fourth-order valence-electron chi connectivity index (χ4n) is 2.40. The Hall–Kier alpha value is -2.58. The maximum atomic E-state index is 13.1. The molecule has 9 heteroatoms. The number of thioether (sulfide) groups is 1. The van der Waals surface area contributed by atoms with Crippen molar-refractivity contribution in [3.8, 4) is 11.4 Å². The lowest BCUT2D eigenvalue weighted by Gasteiger charge is -2.12. The van der Waals surface area contributed by atoms with E-state index in [4.69, 9.17) is 17.4 Å². The number of halogens is 2. The fourth-order valence-corrected chi connectivity index (χ4v) is 3.39. The zero-order chi connectivity index (χ0) is 19.6. The van der Waals surface area contributed by atoms with Crippen molar-refractivity contribution >= 4 is 35.0 Å². The van der Waals surface area contributed by atoms with E-state index < -0.39 is 11.1 Å². The first-order chi connectivity index (χ1) is 12.9. The molecule has 0 fully saturated rings. The number of amides is 1. The number of nitrogen functional groups attached to an aromatic ring is 1. The second-order valence-electron chi connectivity index (χ2n) is 5.86. The molecule has 3 rings (SSSR count). The average Bonchev–Trinajstić information content (AvgIpc) is 2.98. The van der Waals surface area contributed by atoms with E-state index >= 15 is 0 Å². The minimum Gasteiger partial charge on any atom is -0.335 e. The third kappa shape index (κ3) is 4.23. The summed E-state index contributed by atoms with van der Waals surface area (Å²) >= 11 is 7.10. The zero-order valence-corrected chi connectivity index (χ0v) is 16.2. The van der Waals surface area contributed by atoms with E-state index in [1.165, 1.54) is 16.8 Å². The number of nitrogens with zero attached hydrogens (tertiary/aromatic N) is 3. The van der Waals surface area contributed by atoms with Crippen molar-refractivity contribution in [3.63, 3.8) is 0 Å². The summed E-state index contributed by atoms with van der Waals surface area (Å²) in [7, 11) is 0. The highest BCUT2D eigenvalue weighted by Gasteiger charge is 2.21. The van der Waals surface area contributed by atoms with Crippen LogP contribution in [0.15, 0.2) is 47.6 Å². The van der Waals surface area contributed by atoms with Gasteiger partial charge in [0.05, 0.1) is 16.0 Å². The van der Waals surface area contributed by atoms with Crippen molar-refractivity contribution in [2.24, 2.45) is 0 Å². The summed E-state index contributed by atoms with van der Waals surface area (Å²) in [5, 5.41) is 10.9. The second kappa shape index (κ2) is 7.98. The predicted octanol–water partition coefficient (Wildman–Crippen LogP) is 3.88. The molecule has 0 aliphatic carbocycles. The van der Waals surface area contributed by atoms with Crippen molar-refractivity contribution in [3.05, 3.63) is 58.9 Å². The first-order valence-electron chi connectivity index (χ1n) is 8.06. The van der Waals surface area contributed by atoms with E-state index in [9.17, 15) is 9.18 Å². The molecule has 3 N–H and O–H groups in total. The van der Waals surface area contributed by atoms with Gasteiger partial charge in [0.1, 0.15) is 5.82 Å². The van der Waals surface area contributed by atoms with Gasteiger partial charge in [0.2, 0.25) is 11.1 Å². The number of hydrogen-bond acceptors (Lipinski definition) is 5. The van der Waals surface area contributed by atoms with Gasteiger partial charge in [0.25, 0.3) is 0 Å². The molecule has 1 aromatic heterocycles. The number of hydrogen-bond donors (Lipinski definition) is 2. The van der Waals surface area contributed by atoms with Gasteiger partial charge < -0.3 is 11.2 Å². The fraction of sp³-hybridized carbons (Fsp3) is 0.167. The molecule has 1 heterocycles. The Morgan fingerprint density at radius 3 is 2.74 bits per heavy atom. The third-order valence-corrected chi connectivity index (χ3v) is 5.26. The van der Waals surface area contributed by atoms with E-state index in [1.54, 1.807) is 6.92 Å². The standard InChI is InChI=1S/C18H17ClFN5OS/c1-10-5-3-4-6-13(10)16-23-24-18(25(16)21)27-11(2)17(26)22-15-8-7-12(20)9-14(15)19/h3-9,11H,21H2,1-2H3,(H,22,26)/t11-/m0/s1. The van der Waals surface area contributed by atoms with Gasteiger partial charge in [-0.1, -0.05) is 47.6 Å². The van der Waals surface area contributed by atoms with Gasteiger partial charge in [0, 0.05) is 5.56 Å². The molecule has 140 valence electrons. The van der Waals surface area contributed by atoms with E-state index in [0.717, 1.165) is 29.0 Å². The molecule has 3 aromatic rings. The normalized spacial score (nSPS) is 12.0. The molecule has 0 bridgehead atoms. The number of aromatic nitrogens is 3. The van der Waals surface area contributed by atoms with Gasteiger partial charge in [0.15, 0.2) is 5.82 Å². The van der Waals surface area contributed by atoms with Crippen molar-refractivity contribution in [2.75, 3.05) is 11.2 Å². The number of carbonyl (C=O) groups excluding carboxylic acids is 1. The van der Waals surface area contributed by atoms with Gasteiger partial charge in [-0.15, -0.1) is 10.2 Å². The largest absolute Gasteiger partial charge is 0.335 e. The number of nitrogens with one attached hydrogen (secondary N) is 1. The summed E-state index contributed by atoms with van der Waals surface area (Å²) in [5.74, 6) is 5.86. The highest BCUT2D eigenvalue weighted by atomic mass is 35.5. The van der Waals surface area contributed by atoms with Crippen LogP contribution in [0.2, 0.25) is 5.02 Å². The summed E-state index contributed by atoms with van der Waals surface area (Å²) < 4.78 is 14.5. The number of benzene rings is 2. The van der Waals surface area contributed by atoms with Crippen LogP contribution < -0.4 is 11.2 Å². The summed E-state index contributed by atoms with van der Waals surface area (Å²) in [6.45, 7) is 3.67. The molecule has 0 aliphatic rings. The Bertz CT molecular complexity index is 994. The van der Waals surface area contributed by atoms with Crippen LogP contribution in [0, 0.1) is 12.7 Å². The number of nitrogens with two attached hydrogens (primary N) is 1. The van der Waals surface area contributed by atoms with E-state index in [0.29, 0.717) is 16.7 Å². The molecule has 0 radical (unpaired) electrons. The molecule has 0 saturated heterocycles. The topological polar surface area (TPSA) is 85.8 Å². The monoisotopic (exact) mass is 405 g/mol. The molecule has 1 amide bonds. The van der Waals surface area contributed by atoms with E-state index in [-0.39, 0.29) is 10.9 Å². The number of carbonyl (C=O) groups is 1. The quantitative estimate of drug-likeness (QED) is 0.497. The number of aryl methyl sites for hydroxylation is 1. The van der Waals surface area contributed by atoms with Crippen molar-refractivity contribution in [1.82, 2.24) is 14.9 Å². The van der Waals surface area contributed by atoms with Crippen LogP contribution in [0.4, 0.5) is 10.1 Å². The van der Waals surface area contributed by atoms with Gasteiger partial charge in [-0.05, 0) is 37.6 Å². The lowest BCUT2D eigenvalue weighted by Crippen LogP contribution is -2.24. The van der Waals surface area contributed by atoms with Crippen LogP contribution in [-0.2, 0) is 4.79 Å². The van der Waals surface area contributed by atoms with Gasteiger partial charge in [-0.3, -0.25) is 4.79 Å². The number of rotatable bonds is 5. The van der Waals surface area contributed by atoms with Gasteiger partial charge in [-0.25, -0.2) is 9.07 Å². The Kier molecular flexibility index (Phi) is 5.67. The molecule has 0 aliphatic heterocycles. The molecular weight excluding hydrogens is 389 g/mol. The smallest absolute Gasteiger partial charge is 0.237 e. The molecule has 1 atom stereocenters. The summed E-state index contributed by atoms with van der Waals surface area (Å²) in [4.78, 5) is 12.4. The van der Waals surface area contributed by atoms with Crippen LogP contribution in [0.25, 0.3) is 11.4 Å². The predicted molar refractivity (Wildman–Crippen MR) is 106 cm³/mol. The average molecular weight is 406 g/mol. The summed E-state index contributed by atoms with van der Waals surface area (Å²) in [6, 6.07) is 11.5. The van der Waals surface area contributed by atoms with Gasteiger partial charge in [-0.2, -0.15) is 0 Å². The lowest BCUT2D eigenvalue weighted by molar-refractivity contribution is -0.115. The summed E-state index contributed by atoms with van der Waals surface area (Å²) in [5.41, 5.74) is 2.23. The molecule has 0 saturated carbocycles. The Labute approximate surface area is 164 Å². The molecule has 0 unspecified atom stereocenters. The SMILES string of the molecule is Cc1ccccc1-c1nnc(S[C@@H](C)C(=O)Nc2ccc(F)cc2Cl)n1N. The Morgan fingerprint density at radius 2 is 2.04 bits per heavy atom. The maximum Gasteiger partial charge on any atom is 0.237 e. The van der Waals surface area contributed by atoms with Crippen LogP contribution in [0.1, 0.15) is 12.5 Å². The van der Waals surface area contributed by atoms with E-state index in [2.05, 4.69) is 15.5 Å². The highest BCUT2D eigenvalue weighted by molar-refractivity contribution is 8.00. The number of anilines is 1.